The minimum Gasteiger partial charge on any atom is -0.451 e. The minimum absolute atomic E-state index is 0.222. The first-order chi connectivity index (χ1) is 7.99. The van der Waals surface area contributed by atoms with Crippen LogP contribution in [0.1, 0.15) is 5.69 Å². The highest BCUT2D eigenvalue weighted by molar-refractivity contribution is 9.10. The van der Waals surface area contributed by atoms with Crippen molar-refractivity contribution < 1.29 is 9.13 Å². The maximum absolute atomic E-state index is 12.9. The molecule has 0 aliphatic heterocycles. The molecule has 1 heterocycles. The number of nitrogens with zero attached hydrogens (tertiary/aromatic N) is 2. The lowest BCUT2D eigenvalue weighted by Gasteiger charge is -2.07. The standard InChI is InChI=1S/C11H9BrClFN2O/c1-6-10(11(12)16(2)15-6)17-9-4-3-7(14)5-8(9)13/h3-5H,1-2H3. The summed E-state index contributed by atoms with van der Waals surface area (Å²) in [6, 6.07) is 3.98. The van der Waals surface area contributed by atoms with Crippen molar-refractivity contribution in [2.24, 2.45) is 7.05 Å². The van der Waals surface area contributed by atoms with Gasteiger partial charge in [0.1, 0.15) is 21.9 Å². The van der Waals surface area contributed by atoms with Crippen LogP contribution in [0, 0.1) is 12.7 Å². The lowest BCUT2D eigenvalue weighted by molar-refractivity contribution is 0.473. The van der Waals surface area contributed by atoms with Gasteiger partial charge in [-0.1, -0.05) is 11.6 Å². The van der Waals surface area contributed by atoms with Crippen molar-refractivity contribution in [3.8, 4) is 11.5 Å². The molecule has 0 radical (unpaired) electrons. The Kier molecular flexibility index (Phi) is 3.40. The molecule has 2 rings (SSSR count). The Labute approximate surface area is 111 Å². The number of ether oxygens (including phenoxy) is 1. The maximum atomic E-state index is 12.9. The fourth-order valence-electron chi connectivity index (χ4n) is 1.39. The largest absolute Gasteiger partial charge is 0.451 e. The first-order valence-corrected chi connectivity index (χ1v) is 5.98. The van der Waals surface area contributed by atoms with E-state index < -0.39 is 5.82 Å². The Hall–Kier alpha value is -1.07. The van der Waals surface area contributed by atoms with Gasteiger partial charge in [0, 0.05) is 7.05 Å². The number of aryl methyl sites for hydroxylation is 2. The van der Waals surface area contributed by atoms with Gasteiger partial charge in [0.15, 0.2) is 5.75 Å². The molecule has 0 aliphatic carbocycles. The molecular weight excluding hydrogens is 310 g/mol. The summed E-state index contributed by atoms with van der Waals surface area (Å²) in [5, 5.41) is 4.40. The van der Waals surface area contributed by atoms with Crippen LogP contribution < -0.4 is 4.74 Å². The normalized spacial score (nSPS) is 10.6. The molecule has 0 N–H and O–H groups in total. The minimum atomic E-state index is -0.399. The summed E-state index contributed by atoms with van der Waals surface area (Å²) in [6.07, 6.45) is 0. The van der Waals surface area contributed by atoms with Gasteiger partial charge in [-0.2, -0.15) is 5.10 Å². The van der Waals surface area contributed by atoms with E-state index in [0.29, 0.717) is 16.1 Å². The number of rotatable bonds is 2. The number of benzene rings is 1. The molecule has 0 atom stereocenters. The molecule has 90 valence electrons. The highest BCUT2D eigenvalue weighted by atomic mass is 79.9. The van der Waals surface area contributed by atoms with Crippen molar-refractivity contribution in [1.29, 1.82) is 0 Å². The van der Waals surface area contributed by atoms with Crippen LogP contribution in [0.25, 0.3) is 0 Å². The summed E-state index contributed by atoms with van der Waals surface area (Å²) in [4.78, 5) is 0. The maximum Gasteiger partial charge on any atom is 0.182 e. The van der Waals surface area contributed by atoms with Gasteiger partial charge >= 0.3 is 0 Å². The summed E-state index contributed by atoms with van der Waals surface area (Å²) < 4.78 is 20.8. The van der Waals surface area contributed by atoms with Gasteiger partial charge in [-0.3, -0.25) is 4.68 Å². The molecule has 0 aliphatic rings. The van der Waals surface area contributed by atoms with Crippen LogP contribution in [-0.4, -0.2) is 9.78 Å². The van der Waals surface area contributed by atoms with Gasteiger partial charge in [-0.15, -0.1) is 0 Å². The zero-order valence-electron chi connectivity index (χ0n) is 9.17. The number of hydrogen-bond acceptors (Lipinski definition) is 2. The number of halogens is 3. The second-order valence-corrected chi connectivity index (χ2v) is 4.66. The van der Waals surface area contributed by atoms with Crippen LogP contribution in [0.5, 0.6) is 11.5 Å². The van der Waals surface area contributed by atoms with Crippen LogP contribution >= 0.6 is 27.5 Å². The Balaban J connectivity index is 2.38. The quantitative estimate of drug-likeness (QED) is 0.834. The Morgan fingerprint density at radius 2 is 2.18 bits per heavy atom. The van der Waals surface area contributed by atoms with E-state index in [9.17, 15) is 4.39 Å². The van der Waals surface area contributed by atoms with Crippen molar-refractivity contribution in [3.05, 3.63) is 39.3 Å². The Morgan fingerprint density at radius 3 is 2.71 bits per heavy atom. The molecule has 0 unspecified atom stereocenters. The average molecular weight is 320 g/mol. The first kappa shape index (κ1) is 12.4. The second-order valence-electron chi connectivity index (χ2n) is 3.51. The van der Waals surface area contributed by atoms with E-state index in [-0.39, 0.29) is 5.02 Å². The zero-order chi connectivity index (χ0) is 12.6. The third-order valence-corrected chi connectivity index (χ3v) is 3.37. The third kappa shape index (κ3) is 2.45. The molecule has 3 nitrogen and oxygen atoms in total. The fourth-order valence-corrected chi connectivity index (χ4v) is 2.05. The zero-order valence-corrected chi connectivity index (χ0v) is 11.5. The van der Waals surface area contributed by atoms with Crippen molar-refractivity contribution in [1.82, 2.24) is 9.78 Å². The van der Waals surface area contributed by atoms with Gasteiger partial charge in [0.2, 0.25) is 0 Å². The summed E-state index contributed by atoms with van der Waals surface area (Å²) >= 11 is 9.24. The molecule has 6 heteroatoms. The van der Waals surface area contributed by atoms with Crippen LogP contribution in [0.15, 0.2) is 22.8 Å². The molecule has 0 saturated carbocycles. The molecular formula is C11H9BrClFN2O. The predicted molar refractivity (Wildman–Crippen MR) is 67.1 cm³/mol. The third-order valence-electron chi connectivity index (χ3n) is 2.21. The van der Waals surface area contributed by atoms with E-state index in [1.807, 2.05) is 6.92 Å². The monoisotopic (exact) mass is 318 g/mol. The number of aromatic nitrogens is 2. The van der Waals surface area contributed by atoms with Crippen molar-refractivity contribution >= 4 is 27.5 Å². The molecule has 0 spiro atoms. The average Bonchev–Trinajstić information content (AvgIpc) is 2.48. The van der Waals surface area contributed by atoms with Gasteiger partial charge in [0.25, 0.3) is 0 Å². The predicted octanol–water partition coefficient (Wildman–Crippen LogP) is 4.08. The van der Waals surface area contributed by atoms with Gasteiger partial charge in [-0.25, -0.2) is 4.39 Å². The van der Waals surface area contributed by atoms with Crippen LogP contribution in [-0.2, 0) is 7.05 Å². The summed E-state index contributed by atoms with van der Waals surface area (Å²) in [5.74, 6) is 0.565. The molecule has 2 aromatic rings. The van der Waals surface area contributed by atoms with Gasteiger partial charge in [0.05, 0.1) is 5.02 Å². The summed E-state index contributed by atoms with van der Waals surface area (Å²) in [7, 11) is 1.79. The van der Waals surface area contributed by atoms with Gasteiger partial charge in [-0.05, 0) is 41.1 Å². The van der Waals surface area contributed by atoms with Crippen molar-refractivity contribution in [2.45, 2.75) is 6.92 Å². The van der Waals surface area contributed by atoms with E-state index in [2.05, 4.69) is 21.0 Å². The lowest BCUT2D eigenvalue weighted by Crippen LogP contribution is -1.90. The molecule has 1 aromatic heterocycles. The molecule has 0 saturated heterocycles. The summed E-state index contributed by atoms with van der Waals surface area (Å²) in [5.41, 5.74) is 0.722. The highest BCUT2D eigenvalue weighted by Gasteiger charge is 2.14. The van der Waals surface area contributed by atoms with E-state index in [4.69, 9.17) is 16.3 Å². The van der Waals surface area contributed by atoms with Crippen LogP contribution in [0.3, 0.4) is 0 Å². The second kappa shape index (κ2) is 4.66. The lowest BCUT2D eigenvalue weighted by atomic mass is 10.3. The first-order valence-electron chi connectivity index (χ1n) is 4.81. The molecule has 17 heavy (non-hydrogen) atoms. The van der Waals surface area contributed by atoms with Gasteiger partial charge < -0.3 is 4.74 Å². The van der Waals surface area contributed by atoms with E-state index >= 15 is 0 Å². The smallest absolute Gasteiger partial charge is 0.182 e. The Morgan fingerprint density at radius 1 is 1.47 bits per heavy atom. The molecule has 0 bridgehead atoms. The molecule has 1 aromatic carbocycles. The van der Waals surface area contributed by atoms with Crippen LogP contribution in [0.2, 0.25) is 5.02 Å². The van der Waals surface area contributed by atoms with E-state index in [0.717, 1.165) is 5.69 Å². The highest BCUT2D eigenvalue weighted by Crippen LogP contribution is 2.35. The Bertz CT molecular complexity index is 571. The molecule has 0 amide bonds. The molecule has 0 fully saturated rings. The van der Waals surface area contributed by atoms with Crippen molar-refractivity contribution in [2.75, 3.05) is 0 Å². The van der Waals surface area contributed by atoms with E-state index in [1.54, 1.807) is 11.7 Å². The fraction of sp³-hybridized carbons (Fsp3) is 0.182. The van der Waals surface area contributed by atoms with Crippen LogP contribution in [0.4, 0.5) is 4.39 Å². The topological polar surface area (TPSA) is 27.1 Å². The SMILES string of the molecule is Cc1nn(C)c(Br)c1Oc1ccc(F)cc1Cl. The van der Waals surface area contributed by atoms with E-state index in [1.165, 1.54) is 18.2 Å². The number of hydrogen-bond donors (Lipinski definition) is 0. The van der Waals surface area contributed by atoms with Crippen molar-refractivity contribution in [3.63, 3.8) is 0 Å². The summed E-state index contributed by atoms with van der Waals surface area (Å²) in [6.45, 7) is 1.82.